The van der Waals surface area contributed by atoms with Crippen LogP contribution in [-0.2, 0) is 4.79 Å². The van der Waals surface area contributed by atoms with Crippen LogP contribution in [0, 0.1) is 0 Å². The van der Waals surface area contributed by atoms with Crippen molar-refractivity contribution < 1.29 is 14.3 Å². The molecule has 5 nitrogen and oxygen atoms in total. The lowest BCUT2D eigenvalue weighted by Crippen LogP contribution is -2.47. The lowest BCUT2D eigenvalue weighted by molar-refractivity contribution is -0.118. The number of para-hydroxylation sites is 3. The van der Waals surface area contributed by atoms with E-state index in [0.29, 0.717) is 24.2 Å². The minimum absolute atomic E-state index is 0.0627. The first-order chi connectivity index (χ1) is 15.6. The summed E-state index contributed by atoms with van der Waals surface area (Å²) in [6.45, 7) is 3.92. The van der Waals surface area contributed by atoms with Gasteiger partial charge in [0.05, 0.1) is 18.7 Å². The maximum Gasteiger partial charge on any atom is 0.262 e. The molecule has 2 atom stereocenters. The average molecular weight is 429 g/mol. The Bertz CT molecular complexity index is 1110. The first kappa shape index (κ1) is 21.6. The smallest absolute Gasteiger partial charge is 0.262 e. The van der Waals surface area contributed by atoms with Crippen molar-refractivity contribution >= 4 is 23.2 Å². The Balaban J connectivity index is 1.80. The maximum absolute atomic E-state index is 13.7. The molecule has 3 aromatic carbocycles. The van der Waals surface area contributed by atoms with Gasteiger partial charge in [0, 0.05) is 23.8 Å². The molecule has 1 aliphatic heterocycles. The molecule has 3 aromatic rings. The SMILES string of the molecule is CCC(=O)N(c1ccccc1)[C@H]1C[C@H](C)N(C(=O)c2ccccc2OC)c2ccccc21. The second kappa shape index (κ2) is 9.27. The number of carbonyl (C=O) groups is 2. The zero-order valence-electron chi connectivity index (χ0n) is 18.7. The van der Waals surface area contributed by atoms with Crippen LogP contribution in [0.5, 0.6) is 5.75 Å². The fourth-order valence-corrected chi connectivity index (χ4v) is 4.54. The van der Waals surface area contributed by atoms with Gasteiger partial charge in [-0.3, -0.25) is 9.59 Å². The molecule has 0 aromatic heterocycles. The van der Waals surface area contributed by atoms with Crippen molar-refractivity contribution in [2.75, 3.05) is 16.9 Å². The van der Waals surface area contributed by atoms with E-state index in [1.54, 1.807) is 19.2 Å². The number of ether oxygens (including phenoxy) is 1. The van der Waals surface area contributed by atoms with Crippen LogP contribution < -0.4 is 14.5 Å². The van der Waals surface area contributed by atoms with Crippen molar-refractivity contribution in [1.82, 2.24) is 0 Å². The van der Waals surface area contributed by atoms with Gasteiger partial charge in [0.25, 0.3) is 5.91 Å². The van der Waals surface area contributed by atoms with Gasteiger partial charge in [-0.25, -0.2) is 0 Å². The van der Waals surface area contributed by atoms with Crippen molar-refractivity contribution in [3.63, 3.8) is 0 Å². The highest BCUT2D eigenvalue weighted by Gasteiger charge is 2.38. The van der Waals surface area contributed by atoms with Crippen molar-refractivity contribution in [2.24, 2.45) is 0 Å². The first-order valence-electron chi connectivity index (χ1n) is 11.0. The van der Waals surface area contributed by atoms with Crippen molar-refractivity contribution in [1.29, 1.82) is 0 Å². The van der Waals surface area contributed by atoms with Crippen molar-refractivity contribution in [3.05, 3.63) is 90.0 Å². The number of hydrogen-bond acceptors (Lipinski definition) is 3. The zero-order valence-corrected chi connectivity index (χ0v) is 18.7. The molecule has 0 fully saturated rings. The summed E-state index contributed by atoms with van der Waals surface area (Å²) in [4.78, 5) is 30.5. The molecule has 1 heterocycles. The number of fused-ring (bicyclic) bond motifs is 1. The summed E-state index contributed by atoms with van der Waals surface area (Å²) in [6, 6.07) is 24.7. The minimum Gasteiger partial charge on any atom is -0.496 e. The number of rotatable bonds is 5. The van der Waals surface area contributed by atoms with Crippen LogP contribution in [0.2, 0.25) is 0 Å². The summed E-state index contributed by atoms with van der Waals surface area (Å²) >= 11 is 0. The number of hydrogen-bond donors (Lipinski definition) is 0. The number of amides is 2. The Morgan fingerprint density at radius 2 is 1.62 bits per heavy atom. The Morgan fingerprint density at radius 3 is 2.34 bits per heavy atom. The molecule has 0 bridgehead atoms. The maximum atomic E-state index is 13.7. The van der Waals surface area contributed by atoms with E-state index in [1.807, 2.05) is 90.4 Å². The highest BCUT2D eigenvalue weighted by molar-refractivity contribution is 6.09. The van der Waals surface area contributed by atoms with Crippen LogP contribution in [0.25, 0.3) is 0 Å². The van der Waals surface area contributed by atoms with Gasteiger partial charge in [0.1, 0.15) is 5.75 Å². The summed E-state index contributed by atoms with van der Waals surface area (Å²) < 4.78 is 5.44. The van der Waals surface area contributed by atoms with Gasteiger partial charge >= 0.3 is 0 Å². The van der Waals surface area contributed by atoms with Crippen LogP contribution in [0.15, 0.2) is 78.9 Å². The number of methoxy groups -OCH3 is 1. The standard InChI is InChI=1S/C27H28N2O3/c1-4-26(30)29(20-12-6-5-7-13-20)24-18-19(2)28(23-16-10-8-14-21(23)24)27(31)22-15-9-11-17-25(22)32-3/h5-17,19,24H,4,18H2,1-3H3/t19-,24-/m0/s1. The lowest BCUT2D eigenvalue weighted by Gasteiger charge is -2.43. The molecule has 0 radical (unpaired) electrons. The van der Waals surface area contributed by atoms with E-state index >= 15 is 0 Å². The van der Waals surface area contributed by atoms with Crippen LogP contribution in [-0.4, -0.2) is 25.0 Å². The molecule has 2 amide bonds. The molecular weight excluding hydrogens is 400 g/mol. The molecule has 0 unspecified atom stereocenters. The molecule has 164 valence electrons. The van der Waals surface area contributed by atoms with Crippen molar-refractivity contribution in [2.45, 2.75) is 38.8 Å². The molecule has 5 heteroatoms. The van der Waals surface area contributed by atoms with Crippen molar-refractivity contribution in [3.8, 4) is 5.75 Å². The monoisotopic (exact) mass is 428 g/mol. The Kier molecular flexibility index (Phi) is 6.26. The predicted octanol–water partition coefficient (Wildman–Crippen LogP) is 5.62. The van der Waals surface area contributed by atoms with Crippen LogP contribution in [0.4, 0.5) is 11.4 Å². The molecule has 4 rings (SSSR count). The number of carbonyl (C=O) groups excluding carboxylic acids is 2. The molecule has 0 saturated carbocycles. The van der Waals surface area contributed by atoms with Crippen LogP contribution in [0.3, 0.4) is 0 Å². The van der Waals surface area contributed by atoms with E-state index in [1.165, 1.54) is 0 Å². The van der Waals surface area contributed by atoms with E-state index < -0.39 is 0 Å². The van der Waals surface area contributed by atoms with Gasteiger partial charge in [-0.15, -0.1) is 0 Å². The third-order valence-electron chi connectivity index (χ3n) is 6.03. The molecular formula is C27H28N2O3. The molecule has 32 heavy (non-hydrogen) atoms. The second-order valence-electron chi connectivity index (χ2n) is 7.99. The normalized spacial score (nSPS) is 17.4. The molecule has 0 aliphatic carbocycles. The third-order valence-corrected chi connectivity index (χ3v) is 6.03. The summed E-state index contributed by atoms with van der Waals surface area (Å²) in [6.07, 6.45) is 1.05. The van der Waals surface area contributed by atoms with Gasteiger partial charge in [0.15, 0.2) is 0 Å². The lowest BCUT2D eigenvalue weighted by atomic mass is 9.89. The Morgan fingerprint density at radius 1 is 0.969 bits per heavy atom. The molecule has 1 aliphatic rings. The van der Waals surface area contributed by atoms with E-state index in [0.717, 1.165) is 16.9 Å². The molecule has 0 saturated heterocycles. The highest BCUT2D eigenvalue weighted by Crippen LogP contribution is 2.43. The molecule has 0 spiro atoms. The first-order valence-corrected chi connectivity index (χ1v) is 11.0. The largest absolute Gasteiger partial charge is 0.496 e. The summed E-state index contributed by atoms with van der Waals surface area (Å²) in [7, 11) is 1.57. The van der Waals surface area contributed by atoms with E-state index in [9.17, 15) is 9.59 Å². The Hall–Kier alpha value is -3.60. The predicted molar refractivity (Wildman–Crippen MR) is 127 cm³/mol. The number of anilines is 2. The van der Waals surface area contributed by atoms with Gasteiger partial charge in [-0.05, 0) is 49.2 Å². The topological polar surface area (TPSA) is 49.9 Å². The van der Waals surface area contributed by atoms with Gasteiger partial charge < -0.3 is 14.5 Å². The van der Waals surface area contributed by atoms with Crippen LogP contribution in [0.1, 0.15) is 48.7 Å². The summed E-state index contributed by atoms with van der Waals surface area (Å²) in [5, 5.41) is 0. The van der Waals surface area contributed by atoms with Gasteiger partial charge in [-0.2, -0.15) is 0 Å². The van der Waals surface area contributed by atoms with Gasteiger partial charge in [0.2, 0.25) is 5.91 Å². The summed E-state index contributed by atoms with van der Waals surface area (Å²) in [5.41, 5.74) is 3.20. The summed E-state index contributed by atoms with van der Waals surface area (Å²) in [5.74, 6) is 0.512. The highest BCUT2D eigenvalue weighted by atomic mass is 16.5. The Labute approximate surface area is 189 Å². The zero-order chi connectivity index (χ0) is 22.7. The fourth-order valence-electron chi connectivity index (χ4n) is 4.54. The number of benzene rings is 3. The van der Waals surface area contributed by atoms with Gasteiger partial charge in [-0.1, -0.05) is 55.5 Å². The molecule has 0 N–H and O–H groups in total. The van der Waals surface area contributed by atoms with E-state index in [4.69, 9.17) is 4.74 Å². The van der Waals surface area contributed by atoms with Crippen LogP contribution >= 0.6 is 0 Å². The minimum atomic E-state index is -0.155. The van der Waals surface area contributed by atoms with E-state index in [-0.39, 0.29) is 23.9 Å². The second-order valence-corrected chi connectivity index (χ2v) is 7.99. The fraction of sp³-hybridized carbons (Fsp3) is 0.259. The quantitative estimate of drug-likeness (QED) is 0.530. The van der Waals surface area contributed by atoms with E-state index in [2.05, 4.69) is 0 Å². The average Bonchev–Trinajstić information content (AvgIpc) is 2.84. The third kappa shape index (κ3) is 3.86. The number of nitrogens with zero attached hydrogens (tertiary/aromatic N) is 2.